The summed E-state index contributed by atoms with van der Waals surface area (Å²) in [5, 5.41) is 20.2. The Morgan fingerprint density at radius 2 is 2.21 bits per heavy atom. The third-order valence-corrected chi connectivity index (χ3v) is 3.63. The molecular formula is C11H12N4O3S. The van der Waals surface area contributed by atoms with Crippen LogP contribution >= 0.6 is 11.3 Å². The summed E-state index contributed by atoms with van der Waals surface area (Å²) < 4.78 is 4.95. The molecule has 0 radical (unpaired) electrons. The van der Waals surface area contributed by atoms with Gasteiger partial charge in [-0.1, -0.05) is 11.3 Å². The predicted molar refractivity (Wildman–Crippen MR) is 71.2 cm³/mol. The van der Waals surface area contributed by atoms with Gasteiger partial charge in [0.15, 0.2) is 5.75 Å². The third kappa shape index (κ3) is 2.69. The van der Waals surface area contributed by atoms with E-state index in [1.807, 2.05) is 0 Å². The number of methoxy groups -OCH3 is 1. The molecular weight excluding hydrogens is 268 g/mol. The first-order chi connectivity index (χ1) is 9.02. The molecule has 2 aromatic rings. The van der Waals surface area contributed by atoms with Crippen molar-refractivity contribution in [3.63, 3.8) is 0 Å². The summed E-state index contributed by atoms with van der Waals surface area (Å²) in [4.78, 5) is 10.5. The lowest BCUT2D eigenvalue weighted by molar-refractivity contribution is -0.385. The lowest BCUT2D eigenvalue weighted by Gasteiger charge is -2.02. The fourth-order valence-corrected chi connectivity index (χ4v) is 2.29. The summed E-state index contributed by atoms with van der Waals surface area (Å²) in [6.45, 7) is 1.81. The molecule has 2 rings (SSSR count). The smallest absolute Gasteiger partial charge is 0.311 e. The number of nitro benzene ring substituents is 1. The largest absolute Gasteiger partial charge is 0.490 e. The highest BCUT2D eigenvalue weighted by atomic mass is 32.1. The molecule has 0 aliphatic rings. The van der Waals surface area contributed by atoms with Gasteiger partial charge in [-0.15, -0.1) is 10.2 Å². The molecule has 1 heterocycles. The SMILES string of the molecule is COc1ccc(-c2nnc(C(C)N)s2)cc1[N+](=O)[O-]. The third-order valence-electron chi connectivity index (χ3n) is 2.45. The maximum Gasteiger partial charge on any atom is 0.311 e. The van der Waals surface area contributed by atoms with Gasteiger partial charge < -0.3 is 10.5 Å². The molecule has 1 aromatic heterocycles. The van der Waals surface area contributed by atoms with E-state index < -0.39 is 4.92 Å². The van der Waals surface area contributed by atoms with Crippen molar-refractivity contribution in [1.29, 1.82) is 0 Å². The molecule has 0 saturated carbocycles. The van der Waals surface area contributed by atoms with E-state index in [0.29, 0.717) is 15.6 Å². The highest BCUT2D eigenvalue weighted by molar-refractivity contribution is 7.14. The van der Waals surface area contributed by atoms with E-state index in [4.69, 9.17) is 10.5 Å². The van der Waals surface area contributed by atoms with Gasteiger partial charge in [0.2, 0.25) is 0 Å². The van der Waals surface area contributed by atoms with Crippen LogP contribution in [0.25, 0.3) is 10.6 Å². The number of hydrogen-bond donors (Lipinski definition) is 1. The average Bonchev–Trinajstić information content (AvgIpc) is 2.87. The molecule has 0 aliphatic heterocycles. The number of aromatic nitrogens is 2. The van der Waals surface area contributed by atoms with Crippen LogP contribution in [0.3, 0.4) is 0 Å². The molecule has 0 aliphatic carbocycles. The van der Waals surface area contributed by atoms with Gasteiger partial charge in [0.25, 0.3) is 0 Å². The van der Waals surface area contributed by atoms with Gasteiger partial charge in [0.1, 0.15) is 10.0 Å². The summed E-state index contributed by atoms with van der Waals surface area (Å²) in [6, 6.07) is 4.46. The molecule has 100 valence electrons. The van der Waals surface area contributed by atoms with E-state index in [1.165, 1.54) is 24.5 Å². The lowest BCUT2D eigenvalue weighted by Crippen LogP contribution is -2.03. The number of ether oxygens (including phenoxy) is 1. The summed E-state index contributed by atoms with van der Waals surface area (Å²) >= 11 is 1.32. The molecule has 1 unspecified atom stereocenters. The first kappa shape index (κ1) is 13.4. The Morgan fingerprint density at radius 3 is 2.74 bits per heavy atom. The van der Waals surface area contributed by atoms with Crippen molar-refractivity contribution in [2.24, 2.45) is 5.73 Å². The van der Waals surface area contributed by atoms with Gasteiger partial charge in [-0.3, -0.25) is 10.1 Å². The molecule has 0 amide bonds. The Kier molecular flexibility index (Phi) is 3.72. The topological polar surface area (TPSA) is 104 Å². The number of benzene rings is 1. The molecule has 8 heteroatoms. The molecule has 2 N–H and O–H groups in total. The van der Waals surface area contributed by atoms with Crippen LogP contribution < -0.4 is 10.5 Å². The Labute approximate surface area is 113 Å². The summed E-state index contributed by atoms with van der Waals surface area (Å²) in [6.07, 6.45) is 0. The van der Waals surface area contributed by atoms with Crippen LogP contribution in [0.2, 0.25) is 0 Å². The fraction of sp³-hybridized carbons (Fsp3) is 0.273. The fourth-order valence-electron chi connectivity index (χ4n) is 1.50. The zero-order chi connectivity index (χ0) is 14.0. The molecule has 1 atom stereocenters. The van der Waals surface area contributed by atoms with Gasteiger partial charge in [0.05, 0.1) is 18.1 Å². The number of nitrogens with two attached hydrogens (primary N) is 1. The van der Waals surface area contributed by atoms with Crippen LogP contribution in [-0.4, -0.2) is 22.2 Å². The van der Waals surface area contributed by atoms with Crippen LogP contribution in [-0.2, 0) is 0 Å². The maximum atomic E-state index is 11.0. The van der Waals surface area contributed by atoms with Gasteiger partial charge in [-0.25, -0.2) is 0 Å². The second-order valence-electron chi connectivity index (χ2n) is 3.88. The molecule has 1 aromatic carbocycles. The monoisotopic (exact) mass is 280 g/mol. The van der Waals surface area contributed by atoms with E-state index in [2.05, 4.69) is 10.2 Å². The summed E-state index contributed by atoms with van der Waals surface area (Å²) in [5.41, 5.74) is 6.23. The molecule has 0 spiro atoms. The normalized spacial score (nSPS) is 12.2. The van der Waals surface area contributed by atoms with Gasteiger partial charge in [-0.2, -0.15) is 0 Å². The Hall–Kier alpha value is -2.06. The van der Waals surface area contributed by atoms with Crippen molar-refractivity contribution in [3.05, 3.63) is 33.3 Å². The minimum absolute atomic E-state index is 0.0995. The van der Waals surface area contributed by atoms with Crippen molar-refractivity contribution >= 4 is 17.0 Å². The van der Waals surface area contributed by atoms with Crippen molar-refractivity contribution in [3.8, 4) is 16.3 Å². The number of hydrogen-bond acceptors (Lipinski definition) is 7. The number of rotatable bonds is 4. The van der Waals surface area contributed by atoms with Gasteiger partial charge in [-0.05, 0) is 19.1 Å². The molecule has 19 heavy (non-hydrogen) atoms. The predicted octanol–water partition coefficient (Wildman–Crippen LogP) is 2.14. The Bertz CT molecular complexity index is 612. The minimum atomic E-state index is -0.490. The first-order valence-electron chi connectivity index (χ1n) is 5.44. The van der Waals surface area contributed by atoms with Crippen LogP contribution in [0.5, 0.6) is 5.75 Å². The minimum Gasteiger partial charge on any atom is -0.490 e. The Morgan fingerprint density at radius 1 is 1.47 bits per heavy atom. The zero-order valence-electron chi connectivity index (χ0n) is 10.4. The molecule has 0 saturated heterocycles. The molecule has 0 bridgehead atoms. The maximum absolute atomic E-state index is 11.0. The number of nitrogens with zero attached hydrogens (tertiary/aromatic N) is 3. The van der Waals surface area contributed by atoms with Crippen LogP contribution in [0.15, 0.2) is 18.2 Å². The van der Waals surface area contributed by atoms with Crippen molar-refractivity contribution in [2.75, 3.05) is 7.11 Å². The van der Waals surface area contributed by atoms with Gasteiger partial charge >= 0.3 is 5.69 Å². The Balaban J connectivity index is 2.44. The van der Waals surface area contributed by atoms with Gasteiger partial charge in [0, 0.05) is 11.6 Å². The second kappa shape index (κ2) is 5.29. The summed E-state index contributed by atoms with van der Waals surface area (Å²) in [5.74, 6) is 0.214. The van der Waals surface area contributed by atoms with Crippen LogP contribution in [0, 0.1) is 10.1 Å². The second-order valence-corrected chi connectivity index (χ2v) is 4.89. The van der Waals surface area contributed by atoms with Crippen molar-refractivity contribution in [1.82, 2.24) is 10.2 Å². The lowest BCUT2D eigenvalue weighted by atomic mass is 10.2. The zero-order valence-corrected chi connectivity index (χ0v) is 11.2. The van der Waals surface area contributed by atoms with Crippen LogP contribution in [0.1, 0.15) is 18.0 Å². The van der Waals surface area contributed by atoms with Crippen molar-refractivity contribution < 1.29 is 9.66 Å². The van der Waals surface area contributed by atoms with E-state index in [-0.39, 0.29) is 17.5 Å². The van der Waals surface area contributed by atoms with E-state index in [0.717, 1.165) is 0 Å². The molecule has 0 fully saturated rings. The van der Waals surface area contributed by atoms with Crippen molar-refractivity contribution in [2.45, 2.75) is 13.0 Å². The van der Waals surface area contributed by atoms with E-state index in [9.17, 15) is 10.1 Å². The first-order valence-corrected chi connectivity index (χ1v) is 6.26. The highest BCUT2D eigenvalue weighted by Gasteiger charge is 2.18. The summed E-state index contributed by atoms with van der Waals surface area (Å²) in [7, 11) is 1.39. The average molecular weight is 280 g/mol. The van der Waals surface area contributed by atoms with Crippen LogP contribution in [0.4, 0.5) is 5.69 Å². The van der Waals surface area contributed by atoms with E-state index in [1.54, 1.807) is 19.1 Å². The quantitative estimate of drug-likeness (QED) is 0.679. The standard InChI is InChI=1S/C11H12N4O3S/c1-6(12)10-13-14-11(19-10)7-3-4-9(18-2)8(5-7)15(16)17/h3-6H,12H2,1-2H3. The highest BCUT2D eigenvalue weighted by Crippen LogP contribution is 2.33. The number of nitro groups is 1. The molecule has 7 nitrogen and oxygen atoms in total. The van der Waals surface area contributed by atoms with E-state index >= 15 is 0 Å².